The van der Waals surface area contributed by atoms with Gasteiger partial charge in [-0.15, -0.1) is 11.3 Å². The topological polar surface area (TPSA) is 133 Å². The van der Waals surface area contributed by atoms with Crippen LogP contribution >= 0.6 is 11.3 Å². The Morgan fingerprint density at radius 3 is 2.47 bits per heavy atom. The van der Waals surface area contributed by atoms with Crippen molar-refractivity contribution in [2.45, 2.75) is 25.3 Å². The predicted molar refractivity (Wildman–Crippen MR) is 128 cm³/mol. The van der Waals surface area contributed by atoms with Gasteiger partial charge in [0, 0.05) is 5.38 Å². The minimum absolute atomic E-state index is 0.00430. The van der Waals surface area contributed by atoms with Gasteiger partial charge in [-0.25, -0.2) is 14.8 Å². The summed E-state index contributed by atoms with van der Waals surface area (Å²) in [6.07, 6.45) is -3.37. The average Bonchev–Trinajstić information content (AvgIpc) is 3.64. The number of hydrogen-bond donors (Lipinski definition) is 3. The highest BCUT2D eigenvalue weighted by atomic mass is 32.1. The number of thiazole rings is 1. The lowest BCUT2D eigenvalue weighted by molar-refractivity contribution is -0.137. The lowest BCUT2D eigenvalue weighted by Gasteiger charge is -2.18. The minimum Gasteiger partial charge on any atom is -0.332 e. The first-order valence-corrected chi connectivity index (χ1v) is 12.0. The van der Waals surface area contributed by atoms with Crippen molar-refractivity contribution in [3.05, 3.63) is 99.0 Å². The number of aromatic amines is 1. The molecule has 194 valence electrons. The van der Waals surface area contributed by atoms with Crippen LogP contribution in [-0.2, 0) is 19.3 Å². The third-order valence-corrected chi connectivity index (χ3v) is 6.63. The van der Waals surface area contributed by atoms with Gasteiger partial charge in [0.25, 0.3) is 11.8 Å². The molecule has 3 N–H and O–H groups in total. The van der Waals surface area contributed by atoms with Gasteiger partial charge in [-0.3, -0.25) is 19.6 Å². The van der Waals surface area contributed by atoms with E-state index in [4.69, 9.17) is 0 Å². The largest absolute Gasteiger partial charge is 0.416 e. The molecule has 0 aliphatic carbocycles. The summed E-state index contributed by atoms with van der Waals surface area (Å²) in [4.78, 5) is 47.2. The van der Waals surface area contributed by atoms with Crippen molar-refractivity contribution in [3.63, 3.8) is 0 Å². The fraction of sp³-hybridized carbons (Fsp3) is 0.167. The Hall–Kier alpha value is -4.59. The van der Waals surface area contributed by atoms with Gasteiger partial charge in [0.2, 0.25) is 0 Å². The average molecular weight is 542 g/mol. The zero-order valence-corrected chi connectivity index (χ0v) is 20.1. The molecule has 2 aromatic carbocycles. The van der Waals surface area contributed by atoms with Gasteiger partial charge in [-0.1, -0.05) is 24.3 Å². The molecule has 38 heavy (non-hydrogen) atoms. The molecule has 1 aliphatic rings. The van der Waals surface area contributed by atoms with E-state index in [-0.39, 0.29) is 24.5 Å². The zero-order chi connectivity index (χ0) is 26.9. The Morgan fingerprint density at radius 1 is 1.08 bits per heavy atom. The molecule has 3 heterocycles. The first kappa shape index (κ1) is 25.1. The van der Waals surface area contributed by atoms with Crippen molar-refractivity contribution in [2.24, 2.45) is 0 Å². The number of H-pyrrole nitrogens is 1. The van der Waals surface area contributed by atoms with Gasteiger partial charge in [-0.2, -0.15) is 18.3 Å². The van der Waals surface area contributed by atoms with Crippen LogP contribution in [0.3, 0.4) is 0 Å². The maximum absolute atomic E-state index is 13.2. The van der Waals surface area contributed by atoms with Gasteiger partial charge >= 0.3 is 12.2 Å². The predicted octanol–water partition coefficient (Wildman–Crippen LogP) is 3.67. The molecule has 0 radical (unpaired) electrons. The second kappa shape index (κ2) is 10.0. The van der Waals surface area contributed by atoms with E-state index in [0.29, 0.717) is 21.8 Å². The molecular formula is C24H18F3N7O3S. The number of rotatable bonds is 7. The van der Waals surface area contributed by atoms with Crippen LogP contribution in [0, 0.1) is 0 Å². The van der Waals surface area contributed by atoms with Gasteiger partial charge in [0.15, 0.2) is 5.82 Å². The van der Waals surface area contributed by atoms with Crippen molar-refractivity contribution < 1.29 is 27.6 Å². The molecule has 1 atom stereocenters. The number of halogens is 3. The molecule has 1 unspecified atom stereocenters. The van der Waals surface area contributed by atoms with Gasteiger partial charge in [-0.05, 0) is 29.8 Å². The fourth-order valence-electron chi connectivity index (χ4n) is 3.94. The van der Waals surface area contributed by atoms with E-state index >= 15 is 0 Å². The van der Waals surface area contributed by atoms with E-state index in [9.17, 15) is 27.6 Å². The van der Waals surface area contributed by atoms with Crippen molar-refractivity contribution >= 4 is 29.2 Å². The zero-order valence-electron chi connectivity index (χ0n) is 19.3. The summed E-state index contributed by atoms with van der Waals surface area (Å²) in [5, 5.41) is 13.7. The van der Waals surface area contributed by atoms with Crippen LogP contribution in [-0.4, -0.2) is 42.9 Å². The minimum atomic E-state index is -4.56. The highest BCUT2D eigenvalue weighted by molar-refractivity contribution is 7.09. The van der Waals surface area contributed by atoms with Crippen LogP contribution in [0.2, 0.25) is 0 Å². The number of nitrogens with one attached hydrogen (secondary N) is 3. The molecule has 0 bridgehead atoms. The molecule has 2 aromatic heterocycles. The third kappa shape index (κ3) is 5.11. The number of fused-ring (bicyclic) bond motifs is 1. The molecule has 0 saturated heterocycles. The highest BCUT2D eigenvalue weighted by Gasteiger charge is 2.35. The SMILES string of the molecule is O=C(NCc1nc(CN2C(=O)c3ccccc3C2=O)cs1)NC(c1cccc(C(F)(F)F)c1)c1ncn[nH]1. The van der Waals surface area contributed by atoms with Crippen LogP contribution in [0.1, 0.15) is 54.4 Å². The molecule has 10 nitrogen and oxygen atoms in total. The standard InChI is InChI=1S/C24H18F3N7O3S/c25-24(26,27)14-5-3-4-13(8-14)19(20-29-12-30-33-20)32-23(37)28-9-18-31-15(11-38-18)10-34-21(35)16-6-1-2-7-17(16)22(34)36/h1-8,11-12,19H,9-10H2,(H2,28,32,37)(H,29,30,33). The number of aromatic nitrogens is 4. The number of benzene rings is 2. The number of amides is 4. The van der Waals surface area contributed by atoms with E-state index in [0.717, 1.165) is 17.0 Å². The second-order valence-electron chi connectivity index (χ2n) is 8.23. The summed E-state index contributed by atoms with van der Waals surface area (Å²) in [7, 11) is 0. The molecule has 5 rings (SSSR count). The van der Waals surface area contributed by atoms with Crippen LogP contribution in [0.15, 0.2) is 60.2 Å². The number of hydrogen-bond acceptors (Lipinski definition) is 7. The Labute approximate surface area is 216 Å². The first-order valence-electron chi connectivity index (χ1n) is 11.2. The van der Waals surface area contributed by atoms with Crippen LogP contribution in [0.5, 0.6) is 0 Å². The summed E-state index contributed by atoms with van der Waals surface area (Å²) in [5.74, 6) is -0.645. The van der Waals surface area contributed by atoms with Crippen LogP contribution in [0.4, 0.5) is 18.0 Å². The molecular weight excluding hydrogens is 523 g/mol. The van der Waals surface area contributed by atoms with Crippen LogP contribution < -0.4 is 10.6 Å². The summed E-state index contributed by atoms with van der Waals surface area (Å²) in [5.41, 5.74) is 0.450. The first-order chi connectivity index (χ1) is 18.2. The summed E-state index contributed by atoms with van der Waals surface area (Å²) in [6.45, 7) is -0.0114. The fourth-order valence-corrected chi connectivity index (χ4v) is 4.67. The lowest BCUT2D eigenvalue weighted by Crippen LogP contribution is -2.38. The summed E-state index contributed by atoms with van der Waals surface area (Å²) in [6, 6.07) is 9.40. The monoisotopic (exact) mass is 541 g/mol. The molecule has 4 amide bonds. The van der Waals surface area contributed by atoms with Crippen molar-refractivity contribution in [1.29, 1.82) is 0 Å². The quantitative estimate of drug-likeness (QED) is 0.306. The molecule has 0 fully saturated rings. The van der Waals surface area contributed by atoms with E-state index < -0.39 is 35.6 Å². The van der Waals surface area contributed by atoms with Gasteiger partial charge in [0.1, 0.15) is 17.4 Å². The summed E-state index contributed by atoms with van der Waals surface area (Å²) >= 11 is 1.22. The van der Waals surface area contributed by atoms with E-state index in [1.807, 2.05) is 0 Å². The molecule has 4 aromatic rings. The number of nitrogens with zero attached hydrogens (tertiary/aromatic N) is 4. The Morgan fingerprint density at radius 2 is 1.82 bits per heavy atom. The van der Waals surface area contributed by atoms with Crippen molar-refractivity contribution in [2.75, 3.05) is 0 Å². The molecule has 0 spiro atoms. The van der Waals surface area contributed by atoms with Gasteiger partial charge < -0.3 is 10.6 Å². The Bertz CT molecular complexity index is 1470. The molecule has 0 saturated carbocycles. The number of urea groups is 1. The van der Waals surface area contributed by atoms with Gasteiger partial charge in [0.05, 0.1) is 35.5 Å². The highest BCUT2D eigenvalue weighted by Crippen LogP contribution is 2.31. The van der Waals surface area contributed by atoms with E-state index in [1.54, 1.807) is 29.6 Å². The Balaban J connectivity index is 1.23. The normalized spacial score (nSPS) is 13.9. The smallest absolute Gasteiger partial charge is 0.332 e. The maximum Gasteiger partial charge on any atom is 0.416 e. The van der Waals surface area contributed by atoms with E-state index in [2.05, 4.69) is 30.8 Å². The number of imide groups is 1. The number of alkyl halides is 3. The maximum atomic E-state index is 13.2. The number of carbonyl (C=O) groups is 3. The second-order valence-corrected chi connectivity index (χ2v) is 9.17. The molecule has 14 heteroatoms. The van der Waals surface area contributed by atoms with Crippen molar-refractivity contribution in [1.82, 2.24) is 35.7 Å². The number of carbonyl (C=O) groups excluding carboxylic acids is 3. The van der Waals surface area contributed by atoms with Crippen molar-refractivity contribution in [3.8, 4) is 0 Å². The van der Waals surface area contributed by atoms with Crippen LogP contribution in [0.25, 0.3) is 0 Å². The molecule has 1 aliphatic heterocycles. The third-order valence-electron chi connectivity index (χ3n) is 5.73. The Kier molecular flexibility index (Phi) is 6.63. The summed E-state index contributed by atoms with van der Waals surface area (Å²) < 4.78 is 39.6. The lowest BCUT2D eigenvalue weighted by atomic mass is 10.0. The van der Waals surface area contributed by atoms with E-state index in [1.165, 1.54) is 29.8 Å².